The second-order valence-corrected chi connectivity index (χ2v) is 12.0. The van der Waals surface area contributed by atoms with Gasteiger partial charge in [-0.1, -0.05) is 32.4 Å². The highest BCUT2D eigenvalue weighted by Crippen LogP contribution is 2.53. The lowest BCUT2D eigenvalue weighted by Gasteiger charge is -2.46. The van der Waals surface area contributed by atoms with Gasteiger partial charge in [-0.3, -0.25) is 19.3 Å². The lowest BCUT2D eigenvalue weighted by molar-refractivity contribution is -0.147. The highest BCUT2D eigenvalue weighted by atomic mass is 35.5. The maximum absolute atomic E-state index is 13.6. The number of ketones is 2. The predicted molar refractivity (Wildman–Crippen MR) is 138 cm³/mol. The average Bonchev–Trinajstić information content (AvgIpc) is 2.78. The number of nitrogens with zero attached hydrogens (tertiary/aromatic N) is 1. The number of carbonyl (C=O) groups excluding carboxylic acids is 3. The quantitative estimate of drug-likeness (QED) is 0.299. The molecular formula is C27H33ClN2O8. The molecule has 1 fully saturated rings. The van der Waals surface area contributed by atoms with E-state index in [9.17, 15) is 39.9 Å². The van der Waals surface area contributed by atoms with Crippen LogP contribution >= 0.6 is 11.6 Å². The van der Waals surface area contributed by atoms with Gasteiger partial charge in [0.15, 0.2) is 11.4 Å². The summed E-state index contributed by atoms with van der Waals surface area (Å²) < 4.78 is 0. The Labute approximate surface area is 225 Å². The van der Waals surface area contributed by atoms with E-state index in [-0.39, 0.29) is 65.8 Å². The largest absolute Gasteiger partial charge is 0.508 e. The van der Waals surface area contributed by atoms with Crippen molar-refractivity contribution in [3.63, 3.8) is 0 Å². The summed E-state index contributed by atoms with van der Waals surface area (Å²) >= 11 is 6.78. The minimum absolute atomic E-state index is 0.0285. The summed E-state index contributed by atoms with van der Waals surface area (Å²) in [6, 6.07) is 1.18. The number of carbonyl (C=O) groups is 3. The molecule has 3 aliphatic carbocycles. The van der Waals surface area contributed by atoms with Crippen LogP contribution in [0.1, 0.15) is 50.3 Å². The molecule has 1 aromatic rings. The number of likely N-dealkylation sites (N-methyl/N-ethyl adjacent to an activating group) is 1. The van der Waals surface area contributed by atoms with Gasteiger partial charge in [-0.2, -0.15) is 0 Å². The van der Waals surface area contributed by atoms with E-state index in [0.717, 1.165) is 0 Å². The van der Waals surface area contributed by atoms with Gasteiger partial charge in [0, 0.05) is 35.5 Å². The molecule has 0 aliphatic heterocycles. The van der Waals surface area contributed by atoms with E-state index < -0.39 is 52.0 Å². The second-order valence-electron chi connectivity index (χ2n) is 11.6. The fourth-order valence-electron chi connectivity index (χ4n) is 6.29. The summed E-state index contributed by atoms with van der Waals surface area (Å²) in [5.74, 6) is -6.83. The summed E-state index contributed by atoms with van der Waals surface area (Å²) in [6.45, 7) is 6.19. The van der Waals surface area contributed by atoms with Crippen molar-refractivity contribution >= 4 is 34.8 Å². The molecule has 206 valence electrons. The van der Waals surface area contributed by atoms with Crippen molar-refractivity contribution in [3.8, 4) is 5.75 Å². The van der Waals surface area contributed by atoms with Gasteiger partial charge in [0.2, 0.25) is 5.78 Å². The smallest absolute Gasteiger partial charge is 0.255 e. The van der Waals surface area contributed by atoms with Crippen LogP contribution in [0.2, 0.25) is 5.02 Å². The molecule has 4 rings (SSSR count). The molecule has 38 heavy (non-hydrogen) atoms. The van der Waals surface area contributed by atoms with Crippen molar-refractivity contribution < 1.29 is 39.9 Å². The summed E-state index contributed by atoms with van der Waals surface area (Å²) in [5, 5.41) is 54.3. The van der Waals surface area contributed by atoms with E-state index in [0.29, 0.717) is 11.1 Å². The highest BCUT2D eigenvalue weighted by Gasteiger charge is 2.60. The maximum Gasteiger partial charge on any atom is 0.255 e. The molecule has 11 heteroatoms. The number of rotatable bonds is 5. The third-order valence-electron chi connectivity index (χ3n) is 8.20. The zero-order chi connectivity index (χ0) is 28.5. The summed E-state index contributed by atoms with van der Waals surface area (Å²) in [7, 11) is 1.83. The van der Waals surface area contributed by atoms with Crippen molar-refractivity contribution in [3.05, 3.63) is 44.7 Å². The Morgan fingerprint density at radius 3 is 2.42 bits per heavy atom. The minimum Gasteiger partial charge on any atom is -0.508 e. The third kappa shape index (κ3) is 4.10. The van der Waals surface area contributed by atoms with Gasteiger partial charge < -0.3 is 31.3 Å². The van der Waals surface area contributed by atoms with Crippen molar-refractivity contribution in [1.29, 1.82) is 0 Å². The average molecular weight is 549 g/mol. The number of phenols is 1. The number of aliphatic hydroxyl groups is 4. The number of phenolic OH excluding ortho intramolecular Hbond substituents is 1. The fraction of sp³-hybridized carbons (Fsp3) is 0.519. The Morgan fingerprint density at radius 2 is 1.87 bits per heavy atom. The van der Waals surface area contributed by atoms with Crippen molar-refractivity contribution in [2.75, 3.05) is 13.7 Å². The minimum atomic E-state index is -2.61. The number of halogens is 1. The number of aromatic hydroxyl groups is 1. The van der Waals surface area contributed by atoms with E-state index >= 15 is 0 Å². The van der Waals surface area contributed by atoms with Gasteiger partial charge in [-0.15, -0.1) is 0 Å². The Kier molecular flexibility index (Phi) is 6.93. The van der Waals surface area contributed by atoms with Crippen LogP contribution in [0.5, 0.6) is 5.75 Å². The fourth-order valence-corrected chi connectivity index (χ4v) is 6.58. The molecule has 3 aliphatic rings. The van der Waals surface area contributed by atoms with E-state index in [1.165, 1.54) is 6.07 Å². The number of hydrogen-bond donors (Lipinski definition) is 6. The topological polar surface area (TPSA) is 182 Å². The summed E-state index contributed by atoms with van der Waals surface area (Å²) in [6.07, 6.45) is -0.233. The van der Waals surface area contributed by atoms with Crippen molar-refractivity contribution in [1.82, 2.24) is 4.90 Å². The van der Waals surface area contributed by atoms with Crippen molar-refractivity contribution in [2.24, 2.45) is 23.0 Å². The number of fused-ring (bicyclic) bond motifs is 3. The Bertz CT molecular complexity index is 1310. The van der Waals surface area contributed by atoms with Crippen LogP contribution in [0.3, 0.4) is 0 Å². The number of Topliss-reactive ketones (excluding diaryl/α,β-unsaturated/α-hetero) is 2. The van der Waals surface area contributed by atoms with E-state index in [1.807, 2.05) is 32.7 Å². The molecule has 0 aromatic heterocycles. The monoisotopic (exact) mass is 548 g/mol. The van der Waals surface area contributed by atoms with Crippen LogP contribution in [-0.2, 0) is 27.3 Å². The predicted octanol–water partition coefficient (Wildman–Crippen LogP) is 1.92. The Balaban J connectivity index is 1.80. The lowest BCUT2D eigenvalue weighted by atomic mass is 9.59. The Morgan fingerprint density at radius 1 is 1.24 bits per heavy atom. The number of aliphatic hydroxyl groups excluding tert-OH is 3. The molecule has 0 heterocycles. The van der Waals surface area contributed by atoms with Crippen LogP contribution in [0.4, 0.5) is 0 Å². The maximum atomic E-state index is 13.6. The molecule has 10 nitrogen and oxygen atoms in total. The standard InChI is InChI=1S/C27H33ClN2O8/c1-26(2,3)17(10-31)30(4)9-12-7-15(32)19-14(21(12)28)6-11-5-13-8-16(33)20(25(29)37)24(36)27(13,38)23(35)18(11)22(19)34/h7,11,13,17,31-32,34,36,38H,5-6,8-10H2,1-4H3,(H2,29,37)/t11?,13-,17+,27-/m0/s1. The first-order chi connectivity index (χ1) is 17.5. The van der Waals surface area contributed by atoms with E-state index in [1.54, 1.807) is 0 Å². The van der Waals surface area contributed by atoms with Crippen LogP contribution in [0.15, 0.2) is 23.0 Å². The molecule has 1 amide bonds. The number of hydrogen-bond acceptors (Lipinski definition) is 9. The van der Waals surface area contributed by atoms with Crippen LogP contribution in [0.25, 0.3) is 5.76 Å². The van der Waals surface area contributed by atoms with Crippen LogP contribution in [0, 0.1) is 17.3 Å². The lowest BCUT2D eigenvalue weighted by Crippen LogP contribution is -2.58. The van der Waals surface area contributed by atoms with Gasteiger partial charge in [-0.05, 0) is 48.4 Å². The molecule has 1 aromatic carbocycles. The summed E-state index contributed by atoms with van der Waals surface area (Å²) in [5.41, 5.74) is 2.23. The molecule has 0 bridgehead atoms. The van der Waals surface area contributed by atoms with Crippen LogP contribution in [-0.4, -0.2) is 73.2 Å². The zero-order valence-corrected chi connectivity index (χ0v) is 22.5. The van der Waals surface area contributed by atoms with E-state index in [4.69, 9.17) is 17.3 Å². The zero-order valence-electron chi connectivity index (χ0n) is 21.7. The van der Waals surface area contributed by atoms with Gasteiger partial charge in [-0.25, -0.2) is 0 Å². The Hall–Kier alpha value is -2.92. The molecule has 1 unspecified atom stereocenters. The molecule has 7 N–H and O–H groups in total. The molecule has 0 spiro atoms. The molecule has 4 atom stereocenters. The molecule has 0 saturated heterocycles. The van der Waals surface area contributed by atoms with Gasteiger partial charge in [0.05, 0.1) is 12.2 Å². The molecule has 1 saturated carbocycles. The van der Waals surface area contributed by atoms with Gasteiger partial charge in [0.1, 0.15) is 22.8 Å². The number of primary amides is 1. The normalized spacial score (nSPS) is 26.3. The number of amides is 1. The number of benzene rings is 1. The molecular weight excluding hydrogens is 516 g/mol. The van der Waals surface area contributed by atoms with Crippen molar-refractivity contribution in [2.45, 2.75) is 58.2 Å². The first-order valence-corrected chi connectivity index (χ1v) is 12.7. The van der Waals surface area contributed by atoms with E-state index in [2.05, 4.69) is 0 Å². The van der Waals surface area contributed by atoms with Crippen LogP contribution < -0.4 is 5.73 Å². The number of nitrogens with two attached hydrogens (primary N) is 1. The van der Waals surface area contributed by atoms with Gasteiger partial charge in [0.25, 0.3) is 5.91 Å². The second kappa shape index (κ2) is 9.37. The van der Waals surface area contributed by atoms with Gasteiger partial charge >= 0.3 is 0 Å². The summed E-state index contributed by atoms with van der Waals surface area (Å²) in [4.78, 5) is 39.7. The first kappa shape index (κ1) is 28.1. The SMILES string of the molecule is CN(Cc1cc(O)c2c(c1Cl)CC1C[C@H]3CC(=O)C(C(N)=O)=C(O)[C@@]3(O)C(=O)C1=C2O)[C@H](CO)C(C)(C)C. The highest BCUT2D eigenvalue weighted by molar-refractivity contribution is 6.32. The first-order valence-electron chi connectivity index (χ1n) is 12.4. The third-order valence-corrected chi connectivity index (χ3v) is 8.67. The molecule has 0 radical (unpaired) electrons.